The minimum atomic E-state index is -0.494. The summed E-state index contributed by atoms with van der Waals surface area (Å²) in [7, 11) is 0. The SMILES string of the molecule is NC(=O)c1ccc(N)c(NCCc2ccc(F)cc2)c1. The van der Waals surface area contributed by atoms with Gasteiger partial charge in [0.25, 0.3) is 0 Å². The second-order valence-corrected chi connectivity index (χ2v) is 4.47. The van der Waals surface area contributed by atoms with Gasteiger partial charge in [0.1, 0.15) is 5.82 Å². The number of rotatable bonds is 5. The van der Waals surface area contributed by atoms with Gasteiger partial charge in [-0.3, -0.25) is 4.79 Å². The molecule has 5 N–H and O–H groups in total. The fraction of sp³-hybridized carbons (Fsp3) is 0.133. The van der Waals surface area contributed by atoms with E-state index in [1.807, 2.05) is 0 Å². The highest BCUT2D eigenvalue weighted by Crippen LogP contribution is 2.19. The summed E-state index contributed by atoms with van der Waals surface area (Å²) < 4.78 is 12.8. The molecular formula is C15H16FN3O. The minimum absolute atomic E-state index is 0.250. The van der Waals surface area contributed by atoms with E-state index in [1.165, 1.54) is 12.1 Å². The van der Waals surface area contributed by atoms with Gasteiger partial charge in [0.05, 0.1) is 11.4 Å². The van der Waals surface area contributed by atoms with E-state index < -0.39 is 5.91 Å². The Morgan fingerprint density at radius 3 is 2.50 bits per heavy atom. The number of amides is 1. The lowest BCUT2D eigenvalue weighted by Gasteiger charge is -2.10. The molecular weight excluding hydrogens is 257 g/mol. The van der Waals surface area contributed by atoms with Gasteiger partial charge < -0.3 is 16.8 Å². The Hall–Kier alpha value is -2.56. The average molecular weight is 273 g/mol. The topological polar surface area (TPSA) is 81.1 Å². The lowest BCUT2D eigenvalue weighted by Crippen LogP contribution is -2.13. The largest absolute Gasteiger partial charge is 0.397 e. The van der Waals surface area contributed by atoms with Crippen LogP contribution in [0.4, 0.5) is 15.8 Å². The lowest BCUT2D eigenvalue weighted by atomic mass is 10.1. The van der Waals surface area contributed by atoms with Gasteiger partial charge in [-0.05, 0) is 42.3 Å². The lowest BCUT2D eigenvalue weighted by molar-refractivity contribution is 0.100. The summed E-state index contributed by atoms with van der Waals surface area (Å²) in [5.74, 6) is -0.744. The predicted octanol–water partition coefficient (Wildman–Crippen LogP) is 2.16. The van der Waals surface area contributed by atoms with Crippen molar-refractivity contribution in [2.45, 2.75) is 6.42 Å². The third kappa shape index (κ3) is 3.47. The molecule has 0 saturated heterocycles. The van der Waals surface area contributed by atoms with Crippen LogP contribution in [0.1, 0.15) is 15.9 Å². The maximum absolute atomic E-state index is 12.8. The van der Waals surface area contributed by atoms with E-state index >= 15 is 0 Å². The molecule has 2 aromatic carbocycles. The Balaban J connectivity index is 1.98. The number of nitrogens with one attached hydrogen (secondary N) is 1. The Labute approximate surface area is 116 Å². The first-order chi connectivity index (χ1) is 9.56. The van der Waals surface area contributed by atoms with E-state index in [2.05, 4.69) is 5.32 Å². The van der Waals surface area contributed by atoms with Crippen LogP contribution in [-0.4, -0.2) is 12.5 Å². The van der Waals surface area contributed by atoms with E-state index in [9.17, 15) is 9.18 Å². The highest BCUT2D eigenvalue weighted by molar-refractivity contribution is 5.94. The Bertz CT molecular complexity index is 611. The number of benzene rings is 2. The van der Waals surface area contributed by atoms with Crippen molar-refractivity contribution in [1.29, 1.82) is 0 Å². The van der Waals surface area contributed by atoms with Gasteiger partial charge in [-0.2, -0.15) is 0 Å². The van der Waals surface area contributed by atoms with E-state index in [0.29, 0.717) is 23.5 Å². The maximum Gasteiger partial charge on any atom is 0.248 e. The van der Waals surface area contributed by atoms with Crippen LogP contribution in [0.25, 0.3) is 0 Å². The van der Waals surface area contributed by atoms with Crippen LogP contribution in [0.5, 0.6) is 0 Å². The molecule has 0 aliphatic carbocycles. The quantitative estimate of drug-likeness (QED) is 0.730. The van der Waals surface area contributed by atoms with E-state index in [0.717, 1.165) is 12.0 Å². The van der Waals surface area contributed by atoms with Gasteiger partial charge >= 0.3 is 0 Å². The smallest absolute Gasteiger partial charge is 0.248 e. The predicted molar refractivity (Wildman–Crippen MR) is 78.0 cm³/mol. The fourth-order valence-corrected chi connectivity index (χ4v) is 1.86. The summed E-state index contributed by atoms with van der Waals surface area (Å²) in [5, 5.41) is 3.14. The molecule has 20 heavy (non-hydrogen) atoms. The van der Waals surface area contributed by atoms with E-state index in [4.69, 9.17) is 11.5 Å². The van der Waals surface area contributed by atoms with Gasteiger partial charge in [-0.15, -0.1) is 0 Å². The average Bonchev–Trinajstić information content (AvgIpc) is 2.43. The highest BCUT2D eigenvalue weighted by Gasteiger charge is 2.04. The molecule has 104 valence electrons. The van der Waals surface area contributed by atoms with Crippen molar-refractivity contribution in [3.05, 3.63) is 59.4 Å². The van der Waals surface area contributed by atoms with Gasteiger partial charge in [0, 0.05) is 12.1 Å². The molecule has 0 aliphatic rings. The van der Waals surface area contributed by atoms with Crippen molar-refractivity contribution in [2.75, 3.05) is 17.6 Å². The number of anilines is 2. The molecule has 0 aliphatic heterocycles. The number of nitrogen functional groups attached to an aromatic ring is 1. The van der Waals surface area contributed by atoms with Crippen LogP contribution < -0.4 is 16.8 Å². The zero-order valence-electron chi connectivity index (χ0n) is 10.9. The molecule has 0 heterocycles. The van der Waals surface area contributed by atoms with Crippen LogP contribution in [0.15, 0.2) is 42.5 Å². The number of hydrogen-bond donors (Lipinski definition) is 3. The first-order valence-electron chi connectivity index (χ1n) is 6.24. The molecule has 5 heteroatoms. The van der Waals surface area contributed by atoms with Crippen molar-refractivity contribution in [2.24, 2.45) is 5.73 Å². The monoisotopic (exact) mass is 273 g/mol. The molecule has 2 rings (SSSR count). The van der Waals surface area contributed by atoms with Crippen molar-refractivity contribution in [3.8, 4) is 0 Å². The highest BCUT2D eigenvalue weighted by atomic mass is 19.1. The zero-order valence-corrected chi connectivity index (χ0v) is 10.9. The number of nitrogens with two attached hydrogens (primary N) is 2. The van der Waals surface area contributed by atoms with E-state index in [1.54, 1.807) is 30.3 Å². The summed E-state index contributed by atoms with van der Waals surface area (Å²) in [6.45, 7) is 0.623. The van der Waals surface area contributed by atoms with Crippen LogP contribution in [0.3, 0.4) is 0 Å². The Kier molecular flexibility index (Phi) is 4.20. The van der Waals surface area contributed by atoms with Crippen LogP contribution in [-0.2, 0) is 6.42 Å². The van der Waals surface area contributed by atoms with Crippen molar-refractivity contribution >= 4 is 17.3 Å². The van der Waals surface area contributed by atoms with Crippen LogP contribution in [0.2, 0.25) is 0 Å². The Morgan fingerprint density at radius 1 is 1.15 bits per heavy atom. The van der Waals surface area contributed by atoms with Crippen molar-refractivity contribution in [1.82, 2.24) is 0 Å². The van der Waals surface area contributed by atoms with Gasteiger partial charge in [-0.25, -0.2) is 4.39 Å². The van der Waals surface area contributed by atoms with Gasteiger partial charge in [0.2, 0.25) is 5.91 Å². The first-order valence-corrected chi connectivity index (χ1v) is 6.24. The molecule has 0 spiro atoms. The normalized spacial score (nSPS) is 10.2. The summed E-state index contributed by atoms with van der Waals surface area (Å²) in [6.07, 6.45) is 0.723. The third-order valence-electron chi connectivity index (χ3n) is 2.98. The minimum Gasteiger partial charge on any atom is -0.397 e. The second kappa shape index (κ2) is 6.06. The molecule has 0 unspecified atom stereocenters. The molecule has 0 saturated carbocycles. The molecule has 0 bridgehead atoms. The number of carbonyl (C=O) groups excluding carboxylic acids is 1. The molecule has 2 aromatic rings. The number of halogens is 1. The molecule has 1 amide bonds. The van der Waals surface area contributed by atoms with Crippen LogP contribution >= 0.6 is 0 Å². The van der Waals surface area contributed by atoms with E-state index in [-0.39, 0.29) is 5.82 Å². The van der Waals surface area contributed by atoms with Crippen molar-refractivity contribution < 1.29 is 9.18 Å². The number of primary amides is 1. The Morgan fingerprint density at radius 2 is 1.85 bits per heavy atom. The summed E-state index contributed by atoms with van der Waals surface area (Å²) in [4.78, 5) is 11.1. The summed E-state index contributed by atoms with van der Waals surface area (Å²) in [5.41, 5.74) is 13.7. The van der Waals surface area contributed by atoms with Gasteiger partial charge in [0.15, 0.2) is 0 Å². The maximum atomic E-state index is 12.8. The second-order valence-electron chi connectivity index (χ2n) is 4.47. The van der Waals surface area contributed by atoms with Crippen LogP contribution in [0, 0.1) is 5.82 Å². The third-order valence-corrected chi connectivity index (χ3v) is 2.98. The number of carbonyl (C=O) groups is 1. The molecule has 0 atom stereocenters. The molecule has 0 radical (unpaired) electrons. The first kappa shape index (κ1) is 13.9. The molecule has 4 nitrogen and oxygen atoms in total. The number of hydrogen-bond acceptors (Lipinski definition) is 3. The van der Waals surface area contributed by atoms with Crippen molar-refractivity contribution in [3.63, 3.8) is 0 Å². The molecule has 0 fully saturated rings. The summed E-state index contributed by atoms with van der Waals surface area (Å²) >= 11 is 0. The molecule has 0 aromatic heterocycles. The summed E-state index contributed by atoms with van der Waals surface area (Å²) in [6, 6.07) is 11.2. The standard InChI is InChI=1S/C15H16FN3O/c16-12-4-1-10(2-5-12)7-8-19-14-9-11(15(18)20)3-6-13(14)17/h1-6,9,19H,7-8,17H2,(H2,18,20). The van der Waals surface area contributed by atoms with Gasteiger partial charge in [-0.1, -0.05) is 12.1 Å². The fourth-order valence-electron chi connectivity index (χ4n) is 1.86. The zero-order chi connectivity index (χ0) is 14.5.